The molecule has 0 aromatic carbocycles. The van der Waals surface area contributed by atoms with Crippen molar-refractivity contribution >= 4 is 119 Å². The molecule has 174 valence electrons. The average Bonchev–Trinajstić information content (AvgIpc) is 2.71. The third-order valence-electron chi connectivity index (χ3n) is 3.62. The van der Waals surface area contributed by atoms with Crippen molar-refractivity contribution in [1.29, 1.82) is 0 Å². The second kappa shape index (κ2) is 70.3. The topological polar surface area (TPSA) is 0 Å². The van der Waals surface area contributed by atoms with Crippen LogP contribution in [0.15, 0.2) is 0 Å². The second-order valence-corrected chi connectivity index (χ2v) is 30.2. The second-order valence-electron chi connectivity index (χ2n) is 7.06. The molecule has 0 saturated heterocycles. The van der Waals surface area contributed by atoms with Crippen molar-refractivity contribution in [3.63, 3.8) is 0 Å². The first kappa shape index (κ1) is 43.5. The zero-order valence-corrected chi connectivity index (χ0v) is 43.1. The van der Waals surface area contributed by atoms with E-state index in [2.05, 4.69) is 39.3 Å². The predicted molar refractivity (Wildman–Crippen MR) is 189 cm³/mol. The van der Waals surface area contributed by atoms with Crippen LogP contribution in [0.2, 0.25) is 92.5 Å². The molecule has 0 aliphatic carbocycles. The van der Waals surface area contributed by atoms with Crippen LogP contribution in [0.1, 0.15) is 0 Å². The van der Waals surface area contributed by atoms with Gasteiger partial charge in [0.25, 0.3) is 0 Å². The van der Waals surface area contributed by atoms with Crippen molar-refractivity contribution in [3.8, 4) is 0 Å². The molecule has 0 aromatic heterocycles. The Kier molecular flexibility index (Phi) is 113. The van der Waals surface area contributed by atoms with Gasteiger partial charge in [-0.3, -0.25) is 0 Å². The molecule has 12 heteroatoms. The van der Waals surface area contributed by atoms with E-state index in [1.54, 1.807) is 53.3 Å². The van der Waals surface area contributed by atoms with Crippen LogP contribution in [-0.2, 0) is 0 Å². The van der Waals surface area contributed by atoms with Gasteiger partial charge in [0.2, 0.25) is 0 Å². The third-order valence-corrected chi connectivity index (χ3v) is 26.2. The van der Waals surface area contributed by atoms with Gasteiger partial charge in [0.15, 0.2) is 0 Å². The average molecular weight is 584 g/mol. The quantitative estimate of drug-likeness (QED) is 0.239. The minimum atomic E-state index is 0.449. The molecule has 0 aromatic rings. The molecule has 0 atom stereocenters. The summed E-state index contributed by atoms with van der Waals surface area (Å²) in [5.41, 5.74) is 4.79. The van der Waals surface area contributed by atoms with Crippen molar-refractivity contribution in [2.24, 2.45) is 0 Å². The third kappa shape index (κ3) is 150. The number of hydrogen-bond donors (Lipinski definition) is 0. The first-order valence-corrected chi connectivity index (χ1v) is 36.0. The van der Waals surface area contributed by atoms with Crippen molar-refractivity contribution in [2.75, 3.05) is 0 Å². The molecule has 0 amide bonds. The molecule has 0 N–H and O–H groups in total. The van der Waals surface area contributed by atoms with Crippen LogP contribution in [0, 0.1) is 0 Å². The van der Waals surface area contributed by atoms with Crippen LogP contribution in [0.4, 0.5) is 0 Å². The van der Waals surface area contributed by atoms with Crippen molar-refractivity contribution in [3.05, 3.63) is 0 Å². The number of rotatable bonds is 9. The Hall–Kier alpha value is 2.60. The van der Waals surface area contributed by atoms with E-state index in [4.69, 9.17) is 0 Å². The summed E-state index contributed by atoms with van der Waals surface area (Å²) < 4.78 is 0. The molecule has 0 nitrogen and oxygen atoms in total. The fraction of sp³-hybridized carbons (Fsp3) is 1.00. The Morgan fingerprint density at radius 1 is 0.370 bits per heavy atom. The minimum Gasteiger partial charge on any atom is -0.0751 e. The van der Waals surface area contributed by atoms with Gasteiger partial charge in [-0.2, -0.15) is 0 Å². The minimum absolute atomic E-state index is 0.449. The Morgan fingerprint density at radius 3 is 0.519 bits per heavy atom. The van der Waals surface area contributed by atoms with E-state index < -0.39 is 0 Å². The van der Waals surface area contributed by atoms with Gasteiger partial charge in [-0.15, -0.1) is 0 Å². The van der Waals surface area contributed by atoms with Gasteiger partial charge in [-0.1, -0.05) is 92.5 Å². The van der Waals surface area contributed by atoms with Gasteiger partial charge in [-0.05, 0) is 30.7 Å². The molecule has 0 heterocycles. The Balaban J connectivity index is -0.0000000492. The van der Waals surface area contributed by atoms with Gasteiger partial charge in [0.1, 0.15) is 0 Å². The monoisotopic (exact) mass is 582 g/mol. The number of hydrogen-bond acceptors (Lipinski definition) is 0. The fourth-order valence-corrected chi connectivity index (χ4v) is 9.55. The van der Waals surface area contributed by atoms with Crippen LogP contribution in [0.5, 0.6) is 0 Å². The lowest BCUT2D eigenvalue weighted by Crippen LogP contribution is -1.75. The molecular weight excluding hydrogens is 517 g/mol. The van der Waals surface area contributed by atoms with Crippen LogP contribution in [-0.4, -0.2) is 119 Å². The maximum Gasteiger partial charge on any atom is 0.0163 e. The summed E-state index contributed by atoms with van der Waals surface area (Å²) in [6.45, 7) is 14.2. The smallest absolute Gasteiger partial charge is 0.0163 e. The molecule has 27 heavy (non-hydrogen) atoms. The standard InChI is InChI=1S/3C3H12Si2.3C2H10Si2/c3*1-5-3-2-4;3*1-4-2-3/h3*2-3,5H2,1,4H3;3*2,4H2,1,3H3. The first-order chi connectivity index (χ1) is 13.0. The van der Waals surface area contributed by atoms with Gasteiger partial charge >= 0.3 is 0 Å². The summed E-state index contributed by atoms with van der Waals surface area (Å²) in [5.74, 6) is 0. The van der Waals surface area contributed by atoms with E-state index in [0.29, 0.717) is 57.1 Å². The molecule has 0 radical (unpaired) electrons. The molecule has 0 unspecified atom stereocenters. The summed E-state index contributed by atoms with van der Waals surface area (Å²) in [7, 11) is 11.5. The Labute approximate surface area is 209 Å². The zero-order chi connectivity index (χ0) is 22.6. The highest BCUT2D eigenvalue weighted by Crippen LogP contribution is 1.79. The first-order valence-electron chi connectivity index (χ1n) is 13.0. The highest BCUT2D eigenvalue weighted by atomic mass is 28.3. The van der Waals surface area contributed by atoms with Gasteiger partial charge < -0.3 is 0 Å². The summed E-state index contributed by atoms with van der Waals surface area (Å²) in [4.78, 5) is 0. The maximum atomic E-state index is 2.37. The van der Waals surface area contributed by atoms with Crippen LogP contribution in [0.3, 0.4) is 0 Å². The van der Waals surface area contributed by atoms with E-state index in [-0.39, 0.29) is 0 Å². The molecule has 0 fully saturated rings. The fourth-order valence-electron chi connectivity index (χ4n) is 1.06. The molecule has 0 aliphatic rings. The lowest BCUT2D eigenvalue weighted by molar-refractivity contribution is 1.44. The molecule has 0 aliphatic heterocycles. The van der Waals surface area contributed by atoms with Gasteiger partial charge in [0, 0.05) is 87.8 Å². The zero-order valence-electron chi connectivity index (χ0n) is 22.6. The molecule has 0 spiro atoms. The Bertz CT molecular complexity index is 108. The summed E-state index contributed by atoms with van der Waals surface area (Å²) in [5, 5.41) is 0. The van der Waals surface area contributed by atoms with E-state index >= 15 is 0 Å². The van der Waals surface area contributed by atoms with E-state index in [9.17, 15) is 0 Å². The van der Waals surface area contributed by atoms with Gasteiger partial charge in [-0.25, -0.2) is 0 Å². The van der Waals surface area contributed by atoms with Crippen LogP contribution < -0.4 is 0 Å². The summed E-state index contributed by atoms with van der Waals surface area (Å²) in [6, 6.07) is 9.40. The van der Waals surface area contributed by atoms with E-state index in [1.165, 1.54) is 61.5 Å². The normalized spacial score (nSPS) is 11.3. The largest absolute Gasteiger partial charge is 0.0751 e. The Morgan fingerprint density at radius 2 is 0.519 bits per heavy atom. The summed E-state index contributed by atoms with van der Waals surface area (Å²) in [6.07, 6.45) is 0. The van der Waals surface area contributed by atoms with Crippen molar-refractivity contribution in [2.45, 2.75) is 92.5 Å². The summed E-state index contributed by atoms with van der Waals surface area (Å²) >= 11 is 0. The lowest BCUT2D eigenvalue weighted by Gasteiger charge is -1.77. The van der Waals surface area contributed by atoms with E-state index in [0.717, 1.165) is 0 Å². The highest BCUT2D eigenvalue weighted by Gasteiger charge is 1.70. The predicted octanol–water partition coefficient (Wildman–Crippen LogP) is -4.95. The maximum absolute atomic E-state index is 2.37. The SMILES string of the molecule is C[SiH2]CC[SiH3].C[SiH2]CC[SiH3].C[SiH2]CC[SiH3].C[SiH2]C[SiH3].C[SiH2]C[SiH3].C[SiH2]C[SiH3]. The molecule has 0 rings (SSSR count). The van der Waals surface area contributed by atoms with Crippen LogP contribution in [0.25, 0.3) is 0 Å². The van der Waals surface area contributed by atoms with Gasteiger partial charge in [0.05, 0.1) is 0 Å². The van der Waals surface area contributed by atoms with Crippen LogP contribution >= 0.6 is 0 Å². The van der Waals surface area contributed by atoms with Crippen molar-refractivity contribution in [1.82, 2.24) is 0 Å². The molecule has 0 saturated carbocycles. The van der Waals surface area contributed by atoms with E-state index in [1.807, 2.05) is 0 Å². The molecular formula is C15H66Si12. The lowest BCUT2D eigenvalue weighted by atomic mass is 11.0. The molecule has 0 bridgehead atoms. The van der Waals surface area contributed by atoms with Crippen molar-refractivity contribution < 1.29 is 0 Å². The highest BCUT2D eigenvalue weighted by molar-refractivity contribution is 6.46.